The lowest BCUT2D eigenvalue weighted by Gasteiger charge is -2.18. The molecular weight excluding hydrogens is 218 g/mol. The third kappa shape index (κ3) is 2.56. The van der Waals surface area contributed by atoms with Crippen molar-refractivity contribution in [2.45, 2.75) is 33.0 Å². The molecule has 1 saturated heterocycles. The molecule has 17 heavy (non-hydrogen) atoms. The van der Waals surface area contributed by atoms with Gasteiger partial charge in [0.25, 0.3) is 0 Å². The average Bonchev–Trinajstić information content (AvgIpc) is 2.78. The quantitative estimate of drug-likeness (QED) is 0.800. The summed E-state index contributed by atoms with van der Waals surface area (Å²) >= 11 is 0. The normalized spacial score (nSPS) is 21.9. The second-order valence-electron chi connectivity index (χ2n) is 4.67. The average molecular weight is 237 g/mol. The molecule has 2 unspecified atom stereocenters. The van der Waals surface area contributed by atoms with Gasteiger partial charge in [-0.15, -0.1) is 0 Å². The van der Waals surface area contributed by atoms with Crippen LogP contribution in [0.5, 0.6) is 0 Å². The van der Waals surface area contributed by atoms with Gasteiger partial charge in [0.05, 0.1) is 12.7 Å². The van der Waals surface area contributed by atoms with Crippen molar-refractivity contribution in [2.75, 3.05) is 18.0 Å². The molecule has 0 amide bonds. The van der Waals surface area contributed by atoms with E-state index >= 15 is 0 Å². The Hall–Kier alpha value is -1.20. The van der Waals surface area contributed by atoms with Crippen molar-refractivity contribution in [3.63, 3.8) is 0 Å². The van der Waals surface area contributed by atoms with Crippen molar-refractivity contribution in [2.24, 2.45) is 5.92 Å². The lowest BCUT2D eigenvalue weighted by Crippen LogP contribution is -2.25. The minimum atomic E-state index is -0.280. The van der Waals surface area contributed by atoms with Gasteiger partial charge in [0.2, 0.25) is 5.95 Å². The number of nitrogens with zero attached hydrogens (tertiary/aromatic N) is 3. The van der Waals surface area contributed by atoms with E-state index in [-0.39, 0.29) is 12.7 Å². The zero-order valence-corrected chi connectivity index (χ0v) is 10.3. The molecule has 0 aromatic carbocycles. The molecule has 1 aromatic rings. The number of hydrogen-bond acceptors (Lipinski definition) is 5. The van der Waals surface area contributed by atoms with Gasteiger partial charge in [-0.05, 0) is 20.3 Å². The van der Waals surface area contributed by atoms with Crippen molar-refractivity contribution >= 4 is 5.95 Å². The summed E-state index contributed by atoms with van der Waals surface area (Å²) in [6.45, 7) is 5.36. The first kappa shape index (κ1) is 12.3. The Morgan fingerprint density at radius 3 is 2.88 bits per heavy atom. The van der Waals surface area contributed by atoms with E-state index in [4.69, 9.17) is 5.11 Å². The van der Waals surface area contributed by atoms with E-state index in [2.05, 4.69) is 14.9 Å². The van der Waals surface area contributed by atoms with Gasteiger partial charge in [-0.3, -0.25) is 0 Å². The molecular formula is C12H19N3O2. The third-order valence-corrected chi connectivity index (χ3v) is 3.43. The molecule has 1 fully saturated rings. The zero-order valence-electron chi connectivity index (χ0n) is 10.3. The van der Waals surface area contributed by atoms with E-state index in [1.54, 1.807) is 6.20 Å². The largest absolute Gasteiger partial charge is 0.393 e. The van der Waals surface area contributed by atoms with Gasteiger partial charge < -0.3 is 15.1 Å². The summed E-state index contributed by atoms with van der Waals surface area (Å²) in [5.74, 6) is 0.999. The first-order chi connectivity index (χ1) is 8.11. The molecule has 0 aliphatic carbocycles. The van der Waals surface area contributed by atoms with E-state index in [9.17, 15) is 5.11 Å². The molecule has 0 radical (unpaired) electrons. The first-order valence-electron chi connectivity index (χ1n) is 5.98. The highest BCUT2D eigenvalue weighted by Crippen LogP contribution is 2.23. The standard InChI is InChI=1S/C12H19N3O2/c1-8-11(7-16)5-13-12(14-8)15-4-3-10(6-15)9(2)17/h5,9-10,16-17H,3-4,6-7H2,1-2H3. The number of rotatable bonds is 3. The zero-order chi connectivity index (χ0) is 12.4. The van der Waals surface area contributed by atoms with Crippen LogP contribution in [0.4, 0.5) is 5.95 Å². The molecule has 1 aliphatic heterocycles. The Morgan fingerprint density at radius 1 is 1.59 bits per heavy atom. The molecule has 5 heteroatoms. The number of hydrogen-bond donors (Lipinski definition) is 2. The van der Waals surface area contributed by atoms with Crippen LogP contribution >= 0.6 is 0 Å². The topological polar surface area (TPSA) is 69.5 Å². The molecule has 94 valence electrons. The number of aliphatic hydroxyl groups is 2. The monoisotopic (exact) mass is 237 g/mol. The molecule has 2 heterocycles. The number of aromatic nitrogens is 2. The van der Waals surface area contributed by atoms with Gasteiger partial charge in [0, 0.05) is 36.5 Å². The predicted molar refractivity (Wildman–Crippen MR) is 64.7 cm³/mol. The van der Waals surface area contributed by atoms with Crippen LogP contribution in [-0.4, -0.2) is 39.4 Å². The van der Waals surface area contributed by atoms with Gasteiger partial charge in [0.1, 0.15) is 0 Å². The summed E-state index contributed by atoms with van der Waals surface area (Å²) < 4.78 is 0. The fraction of sp³-hybridized carbons (Fsp3) is 0.667. The van der Waals surface area contributed by atoms with Crippen molar-refractivity contribution in [3.8, 4) is 0 Å². The van der Waals surface area contributed by atoms with Gasteiger partial charge in [-0.2, -0.15) is 0 Å². The van der Waals surface area contributed by atoms with Crippen molar-refractivity contribution in [3.05, 3.63) is 17.5 Å². The Labute approximate surface area is 101 Å². The Morgan fingerprint density at radius 2 is 2.35 bits per heavy atom. The lowest BCUT2D eigenvalue weighted by molar-refractivity contribution is 0.136. The van der Waals surface area contributed by atoms with E-state index < -0.39 is 0 Å². The van der Waals surface area contributed by atoms with Crippen LogP contribution < -0.4 is 4.90 Å². The molecule has 0 saturated carbocycles. The van der Waals surface area contributed by atoms with E-state index in [0.717, 1.165) is 30.8 Å². The minimum absolute atomic E-state index is 0.0254. The van der Waals surface area contributed by atoms with E-state index in [1.165, 1.54) is 0 Å². The Kier molecular flexibility index (Phi) is 3.59. The van der Waals surface area contributed by atoms with Crippen LogP contribution in [0.2, 0.25) is 0 Å². The first-order valence-corrected chi connectivity index (χ1v) is 5.98. The second kappa shape index (κ2) is 4.98. The molecule has 1 aliphatic rings. The second-order valence-corrected chi connectivity index (χ2v) is 4.67. The fourth-order valence-electron chi connectivity index (χ4n) is 2.15. The summed E-state index contributed by atoms with van der Waals surface area (Å²) in [6.07, 6.45) is 2.37. The SMILES string of the molecule is Cc1nc(N2CCC(C(C)O)C2)ncc1CO. The molecule has 5 nitrogen and oxygen atoms in total. The van der Waals surface area contributed by atoms with Crippen molar-refractivity contribution in [1.29, 1.82) is 0 Å². The molecule has 2 N–H and O–H groups in total. The summed E-state index contributed by atoms with van der Waals surface area (Å²) in [6, 6.07) is 0. The van der Waals surface area contributed by atoms with Crippen molar-refractivity contribution < 1.29 is 10.2 Å². The maximum atomic E-state index is 9.55. The van der Waals surface area contributed by atoms with Gasteiger partial charge >= 0.3 is 0 Å². The van der Waals surface area contributed by atoms with Crippen molar-refractivity contribution in [1.82, 2.24) is 9.97 Å². The maximum Gasteiger partial charge on any atom is 0.225 e. The van der Waals surface area contributed by atoms with Gasteiger partial charge in [-0.1, -0.05) is 0 Å². The fourth-order valence-corrected chi connectivity index (χ4v) is 2.15. The van der Waals surface area contributed by atoms with E-state index in [1.807, 2.05) is 13.8 Å². The predicted octanol–water partition coefficient (Wildman–Crippen LogP) is 0.484. The number of anilines is 1. The van der Waals surface area contributed by atoms with Crippen LogP contribution in [0.3, 0.4) is 0 Å². The summed E-state index contributed by atoms with van der Waals surface area (Å²) in [5, 5.41) is 18.6. The smallest absolute Gasteiger partial charge is 0.225 e. The molecule has 0 bridgehead atoms. The summed E-state index contributed by atoms with van der Waals surface area (Å²) in [5.41, 5.74) is 1.58. The Balaban J connectivity index is 2.11. The van der Waals surface area contributed by atoms with Crippen LogP contribution in [0.1, 0.15) is 24.6 Å². The van der Waals surface area contributed by atoms with Crippen LogP contribution in [0.15, 0.2) is 6.20 Å². The molecule has 2 atom stereocenters. The highest BCUT2D eigenvalue weighted by atomic mass is 16.3. The highest BCUT2D eigenvalue weighted by molar-refractivity contribution is 5.34. The number of aliphatic hydroxyl groups excluding tert-OH is 2. The lowest BCUT2D eigenvalue weighted by atomic mass is 10.0. The summed E-state index contributed by atoms with van der Waals surface area (Å²) in [4.78, 5) is 10.7. The molecule has 0 spiro atoms. The van der Waals surface area contributed by atoms with Gasteiger partial charge in [0.15, 0.2) is 0 Å². The molecule has 1 aromatic heterocycles. The van der Waals surface area contributed by atoms with Crippen LogP contribution in [0, 0.1) is 12.8 Å². The maximum absolute atomic E-state index is 9.55. The number of aryl methyl sites for hydroxylation is 1. The Bertz CT molecular complexity index is 395. The molecule has 2 rings (SSSR count). The minimum Gasteiger partial charge on any atom is -0.393 e. The highest BCUT2D eigenvalue weighted by Gasteiger charge is 2.27. The van der Waals surface area contributed by atoms with Gasteiger partial charge in [-0.25, -0.2) is 9.97 Å². The van der Waals surface area contributed by atoms with Crippen LogP contribution in [0.25, 0.3) is 0 Å². The third-order valence-electron chi connectivity index (χ3n) is 3.43. The summed E-state index contributed by atoms with van der Waals surface area (Å²) in [7, 11) is 0. The van der Waals surface area contributed by atoms with E-state index in [0.29, 0.717) is 11.9 Å². The van der Waals surface area contributed by atoms with Crippen LogP contribution in [-0.2, 0) is 6.61 Å².